The van der Waals surface area contributed by atoms with Gasteiger partial charge in [0.15, 0.2) is 0 Å². The van der Waals surface area contributed by atoms with Crippen molar-refractivity contribution in [3.8, 4) is 11.5 Å². The Morgan fingerprint density at radius 3 is 1.09 bits per heavy atom. The molecule has 1 aliphatic carbocycles. The van der Waals surface area contributed by atoms with E-state index < -0.39 is 0 Å². The van der Waals surface area contributed by atoms with Gasteiger partial charge in [0.1, 0.15) is 11.5 Å². The Balaban J connectivity index is 2.12. The zero-order chi connectivity index (χ0) is 24.2. The molecule has 0 N–H and O–H groups in total. The second-order valence-corrected chi connectivity index (χ2v) is 11.9. The number of hydrogen-bond donors (Lipinski definition) is 0. The van der Waals surface area contributed by atoms with Gasteiger partial charge in [-0.2, -0.15) is 0 Å². The first-order valence-corrected chi connectivity index (χ1v) is 12.9. The maximum Gasteiger partial charge on any atom is 0.125 e. The summed E-state index contributed by atoms with van der Waals surface area (Å²) in [6.07, 6.45) is 10.4. The molecule has 2 aromatic rings. The molecule has 0 fully saturated rings. The highest BCUT2D eigenvalue weighted by Crippen LogP contribution is 2.37. The largest absolute Gasteiger partial charge is 0.496 e. The Labute approximate surface area is 203 Å². The van der Waals surface area contributed by atoms with E-state index >= 15 is 0 Å². The fraction of sp³-hybridized carbons (Fsp3) is 0.613. The van der Waals surface area contributed by atoms with Gasteiger partial charge in [-0.25, -0.2) is 0 Å². The van der Waals surface area contributed by atoms with Crippen molar-refractivity contribution in [3.05, 3.63) is 57.6 Å². The molecule has 0 spiro atoms. The van der Waals surface area contributed by atoms with Crippen molar-refractivity contribution < 1.29 is 9.47 Å². The lowest BCUT2D eigenvalue weighted by molar-refractivity contribution is 0.399. The quantitative estimate of drug-likeness (QED) is 0.460. The van der Waals surface area contributed by atoms with Gasteiger partial charge in [-0.3, -0.25) is 0 Å². The summed E-state index contributed by atoms with van der Waals surface area (Å²) in [6, 6.07) is 9.58. The van der Waals surface area contributed by atoms with Gasteiger partial charge < -0.3 is 9.47 Å². The van der Waals surface area contributed by atoms with E-state index in [-0.39, 0.29) is 10.8 Å². The highest BCUT2D eigenvalue weighted by Gasteiger charge is 2.22. The Bertz CT molecular complexity index is 863. The predicted octanol–water partition coefficient (Wildman–Crippen LogP) is 8.13. The lowest BCUT2D eigenvalue weighted by Crippen LogP contribution is -2.14. The molecule has 0 saturated heterocycles. The van der Waals surface area contributed by atoms with Crippen molar-refractivity contribution in [2.75, 3.05) is 14.2 Å². The van der Waals surface area contributed by atoms with Crippen molar-refractivity contribution in [1.82, 2.24) is 0 Å². The normalized spacial score (nSPS) is 16.0. The molecular weight excluding hydrogens is 404 g/mol. The minimum absolute atomic E-state index is 0.121. The fourth-order valence-corrected chi connectivity index (χ4v) is 5.07. The Hall–Kier alpha value is -1.96. The van der Waals surface area contributed by atoms with E-state index in [0.29, 0.717) is 0 Å². The van der Waals surface area contributed by atoms with Gasteiger partial charge in [0, 0.05) is 0 Å². The first-order chi connectivity index (χ1) is 15.5. The average Bonchev–Trinajstić information content (AvgIpc) is 2.74. The molecule has 0 saturated carbocycles. The fourth-order valence-electron chi connectivity index (χ4n) is 5.07. The van der Waals surface area contributed by atoms with Gasteiger partial charge in [0.2, 0.25) is 0 Å². The van der Waals surface area contributed by atoms with Crippen LogP contribution >= 0.6 is 0 Å². The Morgan fingerprint density at radius 1 is 0.485 bits per heavy atom. The van der Waals surface area contributed by atoms with E-state index in [1.54, 1.807) is 0 Å². The second kappa shape index (κ2) is 10.5. The van der Waals surface area contributed by atoms with Crippen LogP contribution in [0.25, 0.3) is 0 Å². The molecule has 2 heteroatoms. The monoisotopic (exact) mass is 450 g/mol. The summed E-state index contributed by atoms with van der Waals surface area (Å²) < 4.78 is 12.1. The van der Waals surface area contributed by atoms with E-state index in [0.717, 1.165) is 37.2 Å². The zero-order valence-electron chi connectivity index (χ0n) is 22.5. The van der Waals surface area contributed by atoms with E-state index in [1.165, 1.54) is 65.5 Å². The summed E-state index contributed by atoms with van der Waals surface area (Å²) in [7, 11) is 3.68. The Morgan fingerprint density at radius 2 is 0.788 bits per heavy atom. The van der Waals surface area contributed by atoms with Crippen molar-refractivity contribution in [1.29, 1.82) is 0 Å². The maximum atomic E-state index is 6.03. The van der Waals surface area contributed by atoms with Crippen LogP contribution in [0.2, 0.25) is 0 Å². The van der Waals surface area contributed by atoms with Crippen LogP contribution in [0.4, 0.5) is 0 Å². The topological polar surface area (TPSA) is 18.5 Å². The van der Waals surface area contributed by atoms with Gasteiger partial charge in [-0.05, 0) is 82.7 Å². The molecular formula is C31H46O2. The summed E-state index contributed by atoms with van der Waals surface area (Å²) >= 11 is 0. The van der Waals surface area contributed by atoms with Crippen LogP contribution in [0.3, 0.4) is 0 Å². The van der Waals surface area contributed by atoms with Gasteiger partial charge >= 0.3 is 0 Å². The standard InChI is InChI=1S/C31H46O2/c1-30(2,3)26-18-22-14-12-10-9-11-13-15-23-19-27(31(4,5)6)21-25(29(23)33-8)17-16-24(20-26)28(22)32-7/h18-21H,9-17H2,1-8H3. The molecule has 4 bridgehead atoms. The third-order valence-electron chi connectivity index (χ3n) is 7.18. The van der Waals surface area contributed by atoms with Crippen molar-refractivity contribution in [3.63, 3.8) is 0 Å². The lowest BCUT2D eigenvalue weighted by Gasteiger charge is -2.25. The molecule has 2 nitrogen and oxygen atoms in total. The summed E-state index contributed by atoms with van der Waals surface area (Å²) in [5.74, 6) is 2.20. The molecule has 0 heterocycles. The number of ether oxygens (including phenoxy) is 2. The molecule has 0 aliphatic heterocycles. The molecule has 33 heavy (non-hydrogen) atoms. The molecule has 0 radical (unpaired) electrons. The Kier molecular flexibility index (Phi) is 8.19. The lowest BCUT2D eigenvalue weighted by atomic mass is 9.82. The number of hydrogen-bond acceptors (Lipinski definition) is 2. The number of methoxy groups -OCH3 is 2. The molecule has 1 aliphatic rings. The molecule has 0 aromatic heterocycles. The van der Waals surface area contributed by atoms with Crippen LogP contribution in [0.5, 0.6) is 11.5 Å². The summed E-state index contributed by atoms with van der Waals surface area (Å²) in [6.45, 7) is 13.9. The number of rotatable bonds is 2. The molecule has 182 valence electrons. The van der Waals surface area contributed by atoms with Crippen LogP contribution in [0.15, 0.2) is 24.3 Å². The number of benzene rings is 2. The van der Waals surface area contributed by atoms with Gasteiger partial charge in [0.05, 0.1) is 14.2 Å². The molecule has 2 aromatic carbocycles. The van der Waals surface area contributed by atoms with Crippen LogP contribution < -0.4 is 9.47 Å². The SMILES string of the molecule is COc1c2cc(C(C)(C)C)cc1CCc1cc(C(C)(C)C)cc(c1OC)CCCCCCC2. The highest BCUT2D eigenvalue weighted by molar-refractivity contribution is 5.50. The van der Waals surface area contributed by atoms with Crippen LogP contribution in [0.1, 0.15) is 107 Å². The first kappa shape index (κ1) is 25.7. The van der Waals surface area contributed by atoms with Gasteiger partial charge in [0.25, 0.3) is 0 Å². The van der Waals surface area contributed by atoms with E-state index in [4.69, 9.17) is 9.47 Å². The zero-order valence-corrected chi connectivity index (χ0v) is 22.5. The summed E-state index contributed by atoms with van der Waals surface area (Å²) in [5.41, 5.74) is 8.49. The van der Waals surface area contributed by atoms with Crippen molar-refractivity contribution in [2.24, 2.45) is 0 Å². The second-order valence-electron chi connectivity index (χ2n) is 11.9. The third-order valence-corrected chi connectivity index (χ3v) is 7.18. The molecule has 0 atom stereocenters. The predicted molar refractivity (Wildman–Crippen MR) is 141 cm³/mol. The average molecular weight is 451 g/mol. The number of fused-ring (bicyclic) bond motifs is 4. The van der Waals surface area contributed by atoms with E-state index in [9.17, 15) is 0 Å². The van der Waals surface area contributed by atoms with Gasteiger partial charge in [-0.15, -0.1) is 0 Å². The minimum atomic E-state index is 0.121. The van der Waals surface area contributed by atoms with Crippen LogP contribution in [-0.2, 0) is 36.5 Å². The van der Waals surface area contributed by atoms with Crippen molar-refractivity contribution in [2.45, 2.75) is 110 Å². The number of aryl methyl sites for hydroxylation is 4. The van der Waals surface area contributed by atoms with Crippen molar-refractivity contribution >= 4 is 0 Å². The maximum absolute atomic E-state index is 6.03. The van der Waals surface area contributed by atoms with Crippen LogP contribution in [0, 0.1) is 0 Å². The first-order valence-electron chi connectivity index (χ1n) is 12.9. The third kappa shape index (κ3) is 6.34. The molecule has 0 unspecified atom stereocenters. The van der Waals surface area contributed by atoms with Gasteiger partial charge in [-0.1, -0.05) is 85.1 Å². The highest BCUT2D eigenvalue weighted by atomic mass is 16.5. The van der Waals surface area contributed by atoms with E-state index in [2.05, 4.69) is 65.8 Å². The van der Waals surface area contributed by atoms with E-state index in [1.807, 2.05) is 14.2 Å². The molecule has 3 rings (SSSR count). The smallest absolute Gasteiger partial charge is 0.125 e. The van der Waals surface area contributed by atoms with Crippen LogP contribution in [-0.4, -0.2) is 14.2 Å². The summed E-state index contributed by atoms with van der Waals surface area (Å²) in [5, 5.41) is 0. The minimum Gasteiger partial charge on any atom is -0.496 e. The molecule has 0 amide bonds. The summed E-state index contributed by atoms with van der Waals surface area (Å²) in [4.78, 5) is 0.